The van der Waals surface area contributed by atoms with Crippen molar-refractivity contribution in [3.8, 4) is 5.75 Å². The second-order valence-corrected chi connectivity index (χ2v) is 6.97. The van der Waals surface area contributed by atoms with Gasteiger partial charge in [0, 0.05) is 18.8 Å². The van der Waals surface area contributed by atoms with Gasteiger partial charge in [-0.25, -0.2) is 4.79 Å². The highest BCUT2D eigenvalue weighted by atomic mass is 16.6. The number of likely N-dealkylation sites (N-methyl/N-ethyl adjacent to an activating group) is 1. The lowest BCUT2D eigenvalue weighted by atomic mass is 10.2. The summed E-state index contributed by atoms with van der Waals surface area (Å²) in [6.45, 7) is 7.67. The minimum atomic E-state index is -0.499. The van der Waals surface area contributed by atoms with Crippen LogP contribution in [0.15, 0.2) is 18.5 Å². The molecule has 1 N–H and O–H groups in total. The number of amides is 1. The molecule has 23 heavy (non-hydrogen) atoms. The number of nitrogens with one attached hydrogen (secondary N) is 1. The van der Waals surface area contributed by atoms with Crippen molar-refractivity contribution in [1.29, 1.82) is 0 Å². The molecule has 1 saturated heterocycles. The number of carbonyl (C=O) groups is 1. The Kier molecular flexibility index (Phi) is 5.82. The van der Waals surface area contributed by atoms with Gasteiger partial charge in [-0.1, -0.05) is 0 Å². The number of hydrogen-bond acceptors (Lipinski definition) is 5. The van der Waals surface area contributed by atoms with Gasteiger partial charge in [-0.05, 0) is 58.8 Å². The smallest absolute Gasteiger partial charge is 0.407 e. The van der Waals surface area contributed by atoms with Gasteiger partial charge in [0.25, 0.3) is 0 Å². The second-order valence-electron chi connectivity index (χ2n) is 6.97. The van der Waals surface area contributed by atoms with E-state index in [1.165, 1.54) is 12.8 Å². The minimum Gasteiger partial charge on any atom is -0.490 e. The summed E-state index contributed by atoms with van der Waals surface area (Å²) in [5, 5.41) is 2.72. The van der Waals surface area contributed by atoms with Gasteiger partial charge < -0.3 is 19.7 Å². The standard InChI is InChI=1S/C17H27N3O3/c1-17(2,3)23-16(21)19-10-13-8-15(11-18-9-13)22-12-14-6-5-7-20(14)4/h8-9,11,14H,5-7,10,12H2,1-4H3,(H,19,21). The van der Waals surface area contributed by atoms with Crippen molar-refractivity contribution in [2.45, 2.75) is 51.8 Å². The van der Waals surface area contributed by atoms with Gasteiger partial charge in [0.15, 0.2) is 0 Å². The molecule has 1 aromatic rings. The number of aromatic nitrogens is 1. The van der Waals surface area contributed by atoms with E-state index in [-0.39, 0.29) is 0 Å². The minimum absolute atomic E-state index is 0.364. The van der Waals surface area contributed by atoms with E-state index in [2.05, 4.69) is 22.2 Å². The third-order valence-corrected chi connectivity index (χ3v) is 3.72. The monoisotopic (exact) mass is 321 g/mol. The third kappa shape index (κ3) is 6.06. The van der Waals surface area contributed by atoms with Crippen LogP contribution in [-0.4, -0.2) is 47.8 Å². The van der Waals surface area contributed by atoms with Crippen molar-refractivity contribution in [3.63, 3.8) is 0 Å². The van der Waals surface area contributed by atoms with Crippen LogP contribution in [0.4, 0.5) is 4.79 Å². The van der Waals surface area contributed by atoms with E-state index in [9.17, 15) is 4.79 Å². The van der Waals surface area contributed by atoms with Crippen molar-refractivity contribution >= 4 is 6.09 Å². The van der Waals surface area contributed by atoms with Gasteiger partial charge >= 0.3 is 6.09 Å². The van der Waals surface area contributed by atoms with Crippen molar-refractivity contribution in [3.05, 3.63) is 24.0 Å². The van der Waals surface area contributed by atoms with Crippen LogP contribution < -0.4 is 10.1 Å². The van der Waals surface area contributed by atoms with Crippen LogP contribution in [0.5, 0.6) is 5.75 Å². The van der Waals surface area contributed by atoms with E-state index in [0.29, 0.717) is 19.2 Å². The number of likely N-dealkylation sites (tertiary alicyclic amines) is 1. The fraction of sp³-hybridized carbons (Fsp3) is 0.647. The van der Waals surface area contributed by atoms with Gasteiger partial charge in [-0.2, -0.15) is 0 Å². The van der Waals surface area contributed by atoms with Crippen LogP contribution in [0.25, 0.3) is 0 Å². The zero-order valence-corrected chi connectivity index (χ0v) is 14.5. The molecule has 1 aromatic heterocycles. The van der Waals surface area contributed by atoms with E-state index in [1.54, 1.807) is 12.4 Å². The Labute approximate surface area is 138 Å². The van der Waals surface area contributed by atoms with Gasteiger partial charge in [0.2, 0.25) is 0 Å². The molecule has 1 unspecified atom stereocenters. The van der Waals surface area contributed by atoms with Crippen molar-refractivity contribution in [2.24, 2.45) is 0 Å². The van der Waals surface area contributed by atoms with Crippen molar-refractivity contribution < 1.29 is 14.3 Å². The predicted octanol–water partition coefficient (Wildman–Crippen LogP) is 2.58. The molecule has 2 heterocycles. The summed E-state index contributed by atoms with van der Waals surface area (Å²) >= 11 is 0. The Balaban J connectivity index is 1.81. The number of nitrogens with zero attached hydrogens (tertiary/aromatic N) is 2. The number of hydrogen-bond donors (Lipinski definition) is 1. The normalized spacial score (nSPS) is 18.7. The lowest BCUT2D eigenvalue weighted by Gasteiger charge is -2.20. The molecule has 0 aliphatic carbocycles. The molecule has 1 aliphatic rings. The third-order valence-electron chi connectivity index (χ3n) is 3.72. The molecular formula is C17H27N3O3. The van der Waals surface area contributed by atoms with Crippen LogP contribution in [0.1, 0.15) is 39.2 Å². The second kappa shape index (κ2) is 7.64. The highest BCUT2D eigenvalue weighted by molar-refractivity contribution is 5.67. The number of pyridine rings is 1. The number of alkyl carbamates (subject to hydrolysis) is 1. The highest BCUT2D eigenvalue weighted by Gasteiger charge is 2.21. The summed E-state index contributed by atoms with van der Waals surface area (Å²) in [7, 11) is 2.13. The molecule has 1 atom stereocenters. The molecule has 6 heteroatoms. The largest absolute Gasteiger partial charge is 0.490 e. The number of ether oxygens (including phenoxy) is 2. The van der Waals surface area contributed by atoms with Gasteiger partial charge in [-0.15, -0.1) is 0 Å². The molecule has 0 bridgehead atoms. The number of rotatable bonds is 5. The van der Waals surface area contributed by atoms with Gasteiger partial charge in [0.1, 0.15) is 18.0 Å². The lowest BCUT2D eigenvalue weighted by Crippen LogP contribution is -2.32. The van der Waals surface area contributed by atoms with Gasteiger partial charge in [0.05, 0.1) is 6.20 Å². The average Bonchev–Trinajstić information content (AvgIpc) is 2.87. The van der Waals surface area contributed by atoms with E-state index < -0.39 is 11.7 Å². The molecule has 1 amide bonds. The molecule has 0 radical (unpaired) electrons. The Hall–Kier alpha value is -1.82. The summed E-state index contributed by atoms with van der Waals surface area (Å²) < 4.78 is 11.0. The van der Waals surface area contributed by atoms with Gasteiger partial charge in [-0.3, -0.25) is 4.98 Å². The molecule has 0 saturated carbocycles. The first kappa shape index (κ1) is 17.5. The molecule has 0 aromatic carbocycles. The summed E-state index contributed by atoms with van der Waals surface area (Å²) in [6, 6.07) is 2.37. The maximum absolute atomic E-state index is 11.7. The van der Waals surface area contributed by atoms with Crippen molar-refractivity contribution in [1.82, 2.24) is 15.2 Å². The average molecular weight is 321 g/mol. The molecule has 1 fully saturated rings. The van der Waals surface area contributed by atoms with E-state index in [1.807, 2.05) is 26.8 Å². The topological polar surface area (TPSA) is 63.7 Å². The molecule has 128 valence electrons. The van der Waals surface area contributed by atoms with Crippen LogP contribution in [0.3, 0.4) is 0 Å². The quantitative estimate of drug-likeness (QED) is 0.903. The van der Waals surface area contributed by atoms with Crippen LogP contribution in [0.2, 0.25) is 0 Å². The van der Waals surface area contributed by atoms with E-state index >= 15 is 0 Å². The fourth-order valence-electron chi connectivity index (χ4n) is 2.51. The van der Waals surface area contributed by atoms with E-state index in [0.717, 1.165) is 17.9 Å². The maximum Gasteiger partial charge on any atom is 0.407 e. The Bertz CT molecular complexity index is 528. The summed E-state index contributed by atoms with van der Waals surface area (Å²) in [5.41, 5.74) is 0.383. The van der Waals surface area contributed by atoms with Crippen LogP contribution in [-0.2, 0) is 11.3 Å². The zero-order chi connectivity index (χ0) is 16.9. The Morgan fingerprint density at radius 2 is 2.22 bits per heavy atom. The summed E-state index contributed by atoms with van der Waals surface area (Å²) in [5.74, 6) is 0.730. The first-order valence-electron chi connectivity index (χ1n) is 8.07. The molecule has 1 aliphatic heterocycles. The molecule has 0 spiro atoms. The first-order chi connectivity index (χ1) is 10.8. The van der Waals surface area contributed by atoms with Crippen LogP contribution >= 0.6 is 0 Å². The van der Waals surface area contributed by atoms with Crippen LogP contribution in [0, 0.1) is 0 Å². The summed E-state index contributed by atoms with van der Waals surface area (Å²) in [4.78, 5) is 18.2. The first-order valence-corrected chi connectivity index (χ1v) is 8.07. The Morgan fingerprint density at radius 1 is 1.43 bits per heavy atom. The molecule has 2 rings (SSSR count). The number of carbonyl (C=O) groups excluding carboxylic acids is 1. The molecular weight excluding hydrogens is 294 g/mol. The summed E-state index contributed by atoms with van der Waals surface area (Å²) in [6.07, 6.45) is 5.38. The maximum atomic E-state index is 11.7. The SMILES string of the molecule is CN1CCCC1COc1cncc(CNC(=O)OC(C)(C)C)c1. The zero-order valence-electron chi connectivity index (χ0n) is 14.5. The lowest BCUT2D eigenvalue weighted by molar-refractivity contribution is 0.0523. The highest BCUT2D eigenvalue weighted by Crippen LogP contribution is 2.17. The Morgan fingerprint density at radius 3 is 2.87 bits per heavy atom. The molecule has 6 nitrogen and oxygen atoms in total. The predicted molar refractivity (Wildman–Crippen MR) is 88.5 cm³/mol. The van der Waals surface area contributed by atoms with Crippen molar-refractivity contribution in [2.75, 3.05) is 20.2 Å². The fourth-order valence-corrected chi connectivity index (χ4v) is 2.51. The van der Waals surface area contributed by atoms with E-state index in [4.69, 9.17) is 9.47 Å².